The molecule has 160 valence electrons. The molecule has 29 heavy (non-hydrogen) atoms. The minimum atomic E-state index is -1.26. The maximum atomic E-state index is 9.55. The average molecular weight is 405 g/mol. The van der Waals surface area contributed by atoms with Gasteiger partial charge in [-0.1, -0.05) is 20.3 Å². The van der Waals surface area contributed by atoms with Gasteiger partial charge in [0.1, 0.15) is 12.4 Å². The molecule has 0 saturated carbocycles. The van der Waals surface area contributed by atoms with Gasteiger partial charge in [-0.25, -0.2) is 9.59 Å². The van der Waals surface area contributed by atoms with Crippen molar-refractivity contribution >= 4 is 17.6 Å². The summed E-state index contributed by atoms with van der Waals surface area (Å²) in [5.41, 5.74) is 5.86. The highest BCUT2D eigenvalue weighted by atomic mass is 16.5. The summed E-state index contributed by atoms with van der Waals surface area (Å²) in [5.74, 6) is -0.668. The number of ether oxygens (including phenoxy) is 1. The number of carboxylic acid groups (broad SMARTS) is 2. The molecule has 0 bridgehead atoms. The van der Waals surface area contributed by atoms with Crippen molar-refractivity contribution in [3.8, 4) is 5.75 Å². The Morgan fingerprint density at radius 3 is 2.52 bits per heavy atom. The van der Waals surface area contributed by atoms with Crippen LogP contribution in [0, 0.1) is 12.8 Å². The molecule has 2 aliphatic rings. The third-order valence-corrected chi connectivity index (χ3v) is 5.39. The van der Waals surface area contributed by atoms with Crippen LogP contribution in [0.5, 0.6) is 5.75 Å². The number of carboxylic acids is 2. The molecule has 2 heterocycles. The van der Waals surface area contributed by atoms with Crippen LogP contribution < -0.4 is 15.0 Å². The number of anilines is 1. The van der Waals surface area contributed by atoms with Gasteiger partial charge in [0.05, 0.1) is 12.2 Å². The number of hydrogen-bond acceptors (Lipinski definition) is 5. The van der Waals surface area contributed by atoms with E-state index in [2.05, 4.69) is 37.1 Å². The van der Waals surface area contributed by atoms with Gasteiger partial charge in [0.25, 0.3) is 0 Å². The van der Waals surface area contributed by atoms with E-state index in [0.717, 1.165) is 57.3 Å². The van der Waals surface area contributed by atoms with E-state index in [4.69, 9.17) is 14.9 Å². The zero-order valence-corrected chi connectivity index (χ0v) is 17.5. The van der Waals surface area contributed by atoms with Crippen molar-refractivity contribution in [2.75, 3.05) is 37.7 Å². The highest BCUT2D eigenvalue weighted by Crippen LogP contribution is 2.39. The smallest absolute Gasteiger partial charge is 0.328 e. The quantitative estimate of drug-likeness (QED) is 0.649. The largest absolute Gasteiger partial charge is 0.490 e. The Morgan fingerprint density at radius 2 is 1.90 bits per heavy atom. The second kappa shape index (κ2) is 10.9. The van der Waals surface area contributed by atoms with Gasteiger partial charge >= 0.3 is 11.9 Å². The van der Waals surface area contributed by atoms with Crippen molar-refractivity contribution in [2.24, 2.45) is 5.92 Å². The van der Waals surface area contributed by atoms with Crippen LogP contribution in [-0.2, 0) is 22.4 Å². The van der Waals surface area contributed by atoms with Crippen LogP contribution in [0.15, 0.2) is 18.2 Å². The number of fused-ring (bicyclic) bond motifs is 2. The van der Waals surface area contributed by atoms with Crippen LogP contribution in [0.3, 0.4) is 0 Å². The molecule has 1 atom stereocenters. The van der Waals surface area contributed by atoms with Crippen molar-refractivity contribution in [1.29, 1.82) is 0 Å². The van der Waals surface area contributed by atoms with Gasteiger partial charge in [-0.3, -0.25) is 0 Å². The molecule has 2 aliphatic heterocycles. The summed E-state index contributed by atoms with van der Waals surface area (Å²) >= 11 is 0. The minimum Gasteiger partial charge on any atom is -0.490 e. The fourth-order valence-electron chi connectivity index (χ4n) is 3.73. The van der Waals surface area contributed by atoms with Crippen LogP contribution in [0.25, 0.3) is 0 Å². The lowest BCUT2D eigenvalue weighted by Gasteiger charge is -2.35. The predicted octanol–water partition coefficient (Wildman–Crippen LogP) is 2.64. The second-order valence-electron chi connectivity index (χ2n) is 7.55. The van der Waals surface area contributed by atoms with E-state index >= 15 is 0 Å². The normalized spacial score (nSPS) is 16.6. The van der Waals surface area contributed by atoms with E-state index in [1.165, 1.54) is 23.2 Å². The summed E-state index contributed by atoms with van der Waals surface area (Å²) in [6.07, 6.45) is 4.62. The van der Waals surface area contributed by atoms with Gasteiger partial charge in [-0.05, 0) is 61.5 Å². The Hall–Kier alpha value is -2.54. The highest BCUT2D eigenvalue weighted by molar-refractivity contribution is 5.89. The van der Waals surface area contributed by atoms with E-state index in [9.17, 15) is 9.59 Å². The van der Waals surface area contributed by atoms with Crippen LogP contribution in [0.1, 0.15) is 37.0 Å². The molecule has 0 unspecified atom stereocenters. The molecule has 0 amide bonds. The molecule has 7 nitrogen and oxygen atoms in total. The number of aliphatic carboxylic acids is 2. The van der Waals surface area contributed by atoms with Crippen molar-refractivity contribution in [2.45, 2.75) is 40.0 Å². The number of hydrogen-bond donors (Lipinski definition) is 3. The first-order chi connectivity index (χ1) is 13.8. The lowest BCUT2D eigenvalue weighted by Crippen LogP contribution is -2.36. The third kappa shape index (κ3) is 6.49. The number of rotatable bonds is 5. The molecule has 1 aromatic rings. The summed E-state index contributed by atoms with van der Waals surface area (Å²) in [6, 6.07) is 2.31. The monoisotopic (exact) mass is 404 g/mol. The molecular weight excluding hydrogens is 372 g/mol. The molecule has 7 heteroatoms. The summed E-state index contributed by atoms with van der Waals surface area (Å²) in [5, 5.41) is 19.1. The van der Waals surface area contributed by atoms with Crippen molar-refractivity contribution < 1.29 is 24.5 Å². The summed E-state index contributed by atoms with van der Waals surface area (Å²) in [6.45, 7) is 12.1. The van der Waals surface area contributed by atoms with Crippen LogP contribution in [0.4, 0.5) is 5.69 Å². The van der Waals surface area contributed by atoms with Gasteiger partial charge in [-0.2, -0.15) is 0 Å². The molecule has 0 aromatic heterocycles. The van der Waals surface area contributed by atoms with Crippen molar-refractivity contribution in [3.05, 3.63) is 34.9 Å². The molecular formula is C22H32N2O5. The van der Waals surface area contributed by atoms with Crippen molar-refractivity contribution in [3.63, 3.8) is 0 Å². The Bertz CT molecular complexity index is 744. The molecule has 0 radical (unpaired) electrons. The average Bonchev–Trinajstić information content (AvgIpc) is 2.92. The number of carbonyl (C=O) groups is 2. The standard InChI is InChI=1S/C18H28N2O.C4H4O4/c1-4-13(2)12-20-9-10-21-17-11-15-5-7-19-8-6-16(15)14(3)18(17)20;5-3(6)1-2-4(7)8/h11,13,19H,4-10,12H2,1-3H3;1-2H,(H,5,6)(H,7,8)/b;2-1+/t13-;/m1./s1. The van der Waals surface area contributed by atoms with E-state index < -0.39 is 11.9 Å². The lowest BCUT2D eigenvalue weighted by atomic mass is 9.94. The molecule has 0 fully saturated rings. The van der Waals surface area contributed by atoms with Gasteiger partial charge in [0, 0.05) is 18.7 Å². The van der Waals surface area contributed by atoms with Crippen LogP contribution >= 0.6 is 0 Å². The number of nitrogens with zero attached hydrogens (tertiary/aromatic N) is 1. The molecule has 3 N–H and O–H groups in total. The Kier molecular flexibility index (Phi) is 8.51. The first-order valence-electron chi connectivity index (χ1n) is 10.2. The Balaban J connectivity index is 0.000000321. The maximum Gasteiger partial charge on any atom is 0.328 e. The highest BCUT2D eigenvalue weighted by Gasteiger charge is 2.25. The van der Waals surface area contributed by atoms with E-state index in [-0.39, 0.29) is 0 Å². The van der Waals surface area contributed by atoms with E-state index in [1.54, 1.807) is 5.56 Å². The molecule has 0 aliphatic carbocycles. The third-order valence-electron chi connectivity index (χ3n) is 5.39. The SMILES string of the molecule is CC[C@@H](C)CN1CCOc2cc3c(c(C)c21)CCNCC3.O=C(O)/C=C/C(=O)O. The summed E-state index contributed by atoms with van der Waals surface area (Å²) in [4.78, 5) is 21.7. The molecule has 3 rings (SSSR count). The van der Waals surface area contributed by atoms with Gasteiger partial charge in [0.15, 0.2) is 0 Å². The molecule has 1 aromatic carbocycles. The Morgan fingerprint density at radius 1 is 1.24 bits per heavy atom. The zero-order chi connectivity index (χ0) is 21.4. The van der Waals surface area contributed by atoms with E-state index in [1.807, 2.05) is 0 Å². The zero-order valence-electron chi connectivity index (χ0n) is 17.5. The van der Waals surface area contributed by atoms with E-state index in [0.29, 0.717) is 12.2 Å². The first kappa shape index (κ1) is 22.7. The predicted molar refractivity (Wildman–Crippen MR) is 113 cm³/mol. The fourth-order valence-corrected chi connectivity index (χ4v) is 3.73. The second-order valence-corrected chi connectivity index (χ2v) is 7.55. The van der Waals surface area contributed by atoms with Crippen molar-refractivity contribution in [1.82, 2.24) is 5.32 Å². The van der Waals surface area contributed by atoms with Crippen LogP contribution in [-0.4, -0.2) is 54.9 Å². The van der Waals surface area contributed by atoms with Gasteiger partial charge < -0.3 is 25.2 Å². The van der Waals surface area contributed by atoms with Gasteiger partial charge in [-0.15, -0.1) is 0 Å². The first-order valence-corrected chi connectivity index (χ1v) is 10.2. The topological polar surface area (TPSA) is 99.1 Å². The number of nitrogens with one attached hydrogen (secondary N) is 1. The molecule has 0 saturated heterocycles. The summed E-state index contributed by atoms with van der Waals surface area (Å²) < 4.78 is 5.99. The lowest BCUT2D eigenvalue weighted by molar-refractivity contribution is -0.134. The molecule has 0 spiro atoms. The summed E-state index contributed by atoms with van der Waals surface area (Å²) in [7, 11) is 0. The maximum absolute atomic E-state index is 9.55. The van der Waals surface area contributed by atoms with Crippen LogP contribution in [0.2, 0.25) is 0 Å². The fraction of sp³-hybridized carbons (Fsp3) is 0.545. The van der Waals surface area contributed by atoms with Gasteiger partial charge in [0.2, 0.25) is 0 Å². The number of benzene rings is 1. The Labute approximate surface area is 172 Å². The minimum absolute atomic E-state index is 0.558.